The highest BCUT2D eigenvalue weighted by atomic mass is 127. The smallest absolute Gasteiger partial charge is 0.208 e. The first kappa shape index (κ1) is 25.6. The molecule has 1 aromatic carbocycles. The van der Waals surface area contributed by atoms with Crippen molar-refractivity contribution in [2.75, 3.05) is 39.8 Å². The lowest BCUT2D eigenvalue weighted by atomic mass is 9.97. The summed E-state index contributed by atoms with van der Waals surface area (Å²) < 4.78 is 11.4. The van der Waals surface area contributed by atoms with E-state index in [0.29, 0.717) is 19.1 Å². The Kier molecular flexibility index (Phi) is 11.3. The van der Waals surface area contributed by atoms with Gasteiger partial charge in [-0.1, -0.05) is 30.3 Å². The van der Waals surface area contributed by atoms with Crippen LogP contribution in [-0.2, 0) is 17.9 Å². The average molecular weight is 541 g/mol. The van der Waals surface area contributed by atoms with E-state index in [1.54, 1.807) is 0 Å². The van der Waals surface area contributed by atoms with Crippen LogP contribution in [0.4, 0.5) is 0 Å². The highest BCUT2D eigenvalue weighted by Gasteiger charge is 2.21. The Morgan fingerprint density at radius 3 is 2.58 bits per heavy atom. The lowest BCUT2D eigenvalue weighted by Crippen LogP contribution is -2.43. The van der Waals surface area contributed by atoms with E-state index in [-0.39, 0.29) is 24.0 Å². The summed E-state index contributed by atoms with van der Waals surface area (Å²) in [5.41, 5.74) is 2.19. The minimum Gasteiger partial charge on any atom is -0.444 e. The van der Waals surface area contributed by atoms with Crippen LogP contribution < -0.4 is 10.6 Å². The predicted molar refractivity (Wildman–Crippen MR) is 135 cm³/mol. The summed E-state index contributed by atoms with van der Waals surface area (Å²) in [6, 6.07) is 10.2. The zero-order valence-corrected chi connectivity index (χ0v) is 21.2. The molecule has 172 valence electrons. The Morgan fingerprint density at radius 2 is 1.94 bits per heavy atom. The van der Waals surface area contributed by atoms with Crippen molar-refractivity contribution in [1.29, 1.82) is 0 Å². The molecule has 31 heavy (non-hydrogen) atoms. The number of guanidine groups is 1. The van der Waals surface area contributed by atoms with E-state index in [1.165, 1.54) is 18.4 Å². The number of rotatable bonds is 9. The number of aromatic nitrogens is 1. The minimum atomic E-state index is 0. The molecule has 0 bridgehead atoms. The van der Waals surface area contributed by atoms with Gasteiger partial charge in [0.15, 0.2) is 5.96 Å². The maximum Gasteiger partial charge on any atom is 0.208 e. The molecule has 0 saturated carbocycles. The SMILES string of the molecule is CN=C(NCCOCc1ccccc1)NCC1CCN(Cc2nc(C)c(C)o2)CC1.I. The van der Waals surface area contributed by atoms with E-state index in [2.05, 4.69) is 37.6 Å². The number of aryl methyl sites for hydroxylation is 2. The molecule has 0 radical (unpaired) electrons. The molecule has 2 heterocycles. The van der Waals surface area contributed by atoms with E-state index in [4.69, 9.17) is 9.15 Å². The Hall–Kier alpha value is -1.65. The molecule has 1 aliphatic rings. The molecule has 2 aromatic rings. The van der Waals surface area contributed by atoms with Gasteiger partial charge in [0, 0.05) is 20.1 Å². The summed E-state index contributed by atoms with van der Waals surface area (Å²) in [6.07, 6.45) is 2.34. The highest BCUT2D eigenvalue weighted by Crippen LogP contribution is 2.19. The molecule has 0 amide bonds. The topological polar surface area (TPSA) is 74.9 Å². The number of halogens is 1. The van der Waals surface area contributed by atoms with Crippen LogP contribution >= 0.6 is 24.0 Å². The van der Waals surface area contributed by atoms with Crippen LogP contribution in [0.2, 0.25) is 0 Å². The van der Waals surface area contributed by atoms with Gasteiger partial charge < -0.3 is 19.8 Å². The second-order valence-corrected chi connectivity index (χ2v) is 7.89. The quantitative estimate of drug-likeness (QED) is 0.219. The van der Waals surface area contributed by atoms with Crippen molar-refractivity contribution in [3.8, 4) is 0 Å². The van der Waals surface area contributed by atoms with Crippen molar-refractivity contribution in [3.63, 3.8) is 0 Å². The van der Waals surface area contributed by atoms with Gasteiger partial charge in [-0.2, -0.15) is 0 Å². The number of benzene rings is 1. The van der Waals surface area contributed by atoms with E-state index in [1.807, 2.05) is 39.1 Å². The maximum absolute atomic E-state index is 5.72. The third kappa shape index (κ3) is 8.78. The molecule has 2 N–H and O–H groups in total. The number of piperidine rings is 1. The van der Waals surface area contributed by atoms with E-state index < -0.39 is 0 Å². The van der Waals surface area contributed by atoms with E-state index >= 15 is 0 Å². The van der Waals surface area contributed by atoms with Crippen LogP contribution in [0.15, 0.2) is 39.7 Å². The monoisotopic (exact) mass is 541 g/mol. The van der Waals surface area contributed by atoms with E-state index in [0.717, 1.165) is 56.0 Å². The number of hydrogen-bond acceptors (Lipinski definition) is 5. The standard InChI is InChI=1S/C23H35N5O2.HI/c1-18-19(2)30-22(27-18)16-28-12-9-20(10-13-28)15-26-23(24-3)25-11-14-29-17-21-7-5-4-6-8-21;/h4-8,20H,9-17H2,1-3H3,(H2,24,25,26);1H. The van der Waals surface area contributed by atoms with Crippen molar-refractivity contribution in [2.24, 2.45) is 10.9 Å². The summed E-state index contributed by atoms with van der Waals surface area (Å²) >= 11 is 0. The summed E-state index contributed by atoms with van der Waals surface area (Å²) in [4.78, 5) is 11.2. The number of hydrogen-bond donors (Lipinski definition) is 2. The van der Waals surface area contributed by atoms with Crippen molar-refractivity contribution >= 4 is 29.9 Å². The summed E-state index contributed by atoms with van der Waals surface area (Å²) in [6.45, 7) is 9.89. The average Bonchev–Trinajstić information content (AvgIpc) is 3.08. The Morgan fingerprint density at radius 1 is 1.19 bits per heavy atom. The molecular weight excluding hydrogens is 505 g/mol. The fourth-order valence-electron chi connectivity index (χ4n) is 3.61. The van der Waals surface area contributed by atoms with Crippen LogP contribution in [0.1, 0.15) is 35.7 Å². The van der Waals surface area contributed by atoms with Crippen molar-refractivity contribution in [3.05, 3.63) is 53.2 Å². The second-order valence-electron chi connectivity index (χ2n) is 7.89. The molecule has 0 aliphatic carbocycles. The maximum atomic E-state index is 5.72. The molecule has 1 aliphatic heterocycles. The third-order valence-electron chi connectivity index (χ3n) is 5.57. The number of oxazole rings is 1. The number of ether oxygens (including phenoxy) is 1. The Bertz CT molecular complexity index is 769. The van der Waals surface area contributed by atoms with Crippen LogP contribution in [0.3, 0.4) is 0 Å². The predicted octanol–water partition coefficient (Wildman–Crippen LogP) is 3.50. The van der Waals surface area contributed by atoms with Gasteiger partial charge in [-0.15, -0.1) is 24.0 Å². The first-order valence-corrected chi connectivity index (χ1v) is 10.9. The van der Waals surface area contributed by atoms with Crippen molar-refractivity contribution < 1.29 is 9.15 Å². The van der Waals surface area contributed by atoms with Gasteiger partial charge in [0.1, 0.15) is 5.76 Å². The number of aliphatic imine (C=N–C) groups is 1. The third-order valence-corrected chi connectivity index (χ3v) is 5.57. The first-order chi connectivity index (χ1) is 14.6. The summed E-state index contributed by atoms with van der Waals surface area (Å²) in [7, 11) is 1.81. The van der Waals surface area contributed by atoms with Gasteiger partial charge in [0.25, 0.3) is 0 Å². The molecule has 3 rings (SSSR count). The molecule has 0 unspecified atom stereocenters. The fraction of sp³-hybridized carbons (Fsp3) is 0.565. The van der Waals surface area contributed by atoms with Crippen LogP contribution in [0.5, 0.6) is 0 Å². The van der Waals surface area contributed by atoms with Gasteiger partial charge in [-0.25, -0.2) is 4.98 Å². The molecule has 0 atom stereocenters. The zero-order chi connectivity index (χ0) is 21.2. The van der Waals surface area contributed by atoms with Crippen LogP contribution in [0.25, 0.3) is 0 Å². The first-order valence-electron chi connectivity index (χ1n) is 10.9. The molecule has 1 fully saturated rings. The van der Waals surface area contributed by atoms with Gasteiger partial charge in [-0.3, -0.25) is 9.89 Å². The molecule has 0 spiro atoms. The molecule has 7 nitrogen and oxygen atoms in total. The highest BCUT2D eigenvalue weighted by molar-refractivity contribution is 14.0. The zero-order valence-electron chi connectivity index (χ0n) is 18.9. The second kappa shape index (κ2) is 13.7. The van der Waals surface area contributed by atoms with Crippen LogP contribution in [-0.4, -0.2) is 55.7 Å². The van der Waals surface area contributed by atoms with E-state index in [9.17, 15) is 0 Å². The lowest BCUT2D eigenvalue weighted by Gasteiger charge is -2.31. The van der Waals surface area contributed by atoms with Crippen molar-refractivity contribution in [1.82, 2.24) is 20.5 Å². The van der Waals surface area contributed by atoms with Gasteiger partial charge in [0.2, 0.25) is 5.89 Å². The summed E-state index contributed by atoms with van der Waals surface area (Å²) in [5.74, 6) is 3.25. The number of likely N-dealkylation sites (tertiary alicyclic amines) is 1. The number of nitrogens with zero attached hydrogens (tertiary/aromatic N) is 3. The molecule has 1 saturated heterocycles. The van der Waals surface area contributed by atoms with Gasteiger partial charge >= 0.3 is 0 Å². The minimum absolute atomic E-state index is 0. The normalized spacial score (nSPS) is 15.5. The van der Waals surface area contributed by atoms with Gasteiger partial charge in [0.05, 0.1) is 25.5 Å². The Labute approximate surface area is 203 Å². The van der Waals surface area contributed by atoms with Crippen molar-refractivity contribution in [2.45, 2.75) is 39.8 Å². The molecule has 1 aromatic heterocycles. The van der Waals surface area contributed by atoms with Crippen LogP contribution in [0, 0.1) is 19.8 Å². The van der Waals surface area contributed by atoms with Gasteiger partial charge in [-0.05, 0) is 51.3 Å². The molecule has 8 heteroatoms. The largest absolute Gasteiger partial charge is 0.444 e. The number of nitrogens with one attached hydrogen (secondary N) is 2. The Balaban J connectivity index is 0.00000341. The lowest BCUT2D eigenvalue weighted by molar-refractivity contribution is 0.125. The molecular formula is C23H36IN5O2. The fourth-order valence-corrected chi connectivity index (χ4v) is 3.61. The summed E-state index contributed by atoms with van der Waals surface area (Å²) in [5, 5.41) is 6.78.